The molecule has 43 heavy (non-hydrogen) atoms. The van der Waals surface area contributed by atoms with Crippen molar-refractivity contribution < 1.29 is 27.5 Å². The van der Waals surface area contributed by atoms with E-state index in [4.69, 9.17) is 4.74 Å². The van der Waals surface area contributed by atoms with Crippen molar-refractivity contribution in [2.24, 2.45) is 11.8 Å². The van der Waals surface area contributed by atoms with Crippen LogP contribution >= 0.6 is 0 Å². The number of benzene rings is 1. The number of alkyl halides is 2. The topological polar surface area (TPSA) is 98.8 Å². The molecule has 2 aromatic rings. The molecule has 232 valence electrons. The Morgan fingerprint density at radius 3 is 2.70 bits per heavy atom. The van der Waals surface area contributed by atoms with E-state index < -0.39 is 30.9 Å². The fourth-order valence-corrected chi connectivity index (χ4v) is 7.29. The number of fused-ring (bicyclic) bond motifs is 1. The van der Waals surface area contributed by atoms with E-state index in [9.17, 15) is 22.8 Å². The first kappa shape index (κ1) is 29.8. The maximum atomic E-state index is 14.9. The van der Waals surface area contributed by atoms with Crippen molar-refractivity contribution in [3.8, 4) is 5.75 Å². The van der Waals surface area contributed by atoms with Gasteiger partial charge in [0.1, 0.15) is 11.6 Å². The Balaban J connectivity index is 1.14. The molecule has 1 aromatic heterocycles. The van der Waals surface area contributed by atoms with Crippen LogP contribution in [0.3, 0.4) is 0 Å². The van der Waals surface area contributed by atoms with Crippen molar-refractivity contribution in [3.63, 3.8) is 0 Å². The number of hydrogen-bond donors (Lipinski definition) is 3. The van der Waals surface area contributed by atoms with Crippen LogP contribution in [0.15, 0.2) is 36.5 Å². The minimum Gasteiger partial charge on any atom is -0.496 e. The number of hydrazine groups is 1. The number of halogens is 3. The molecule has 4 aliphatic rings. The smallest absolute Gasteiger partial charge is 0.282 e. The van der Waals surface area contributed by atoms with E-state index in [1.165, 1.54) is 13.2 Å². The first-order valence-electron chi connectivity index (χ1n) is 15.1. The standard InChI is InChI=1S/C31H39F3N6O3/c1-18-12-19(10-11-35-18)28-22-13-20(6-8-25(22)37-38-28)29(41)36-21-7-9-26(30(42)40-16-31(33,34)17-40)39(14-21)15-23-24(32)4-3-5-27(23)43-2/h3-5,10-12,20-22,25-26,28,37-38H,6-9,13-17H2,1-2H3,(H,36,41)/t20?,21-,22?,25?,26+,28?/m1/s1. The monoisotopic (exact) mass is 600 g/mol. The number of amides is 2. The summed E-state index contributed by atoms with van der Waals surface area (Å²) in [5.74, 6) is -3.31. The first-order valence-corrected chi connectivity index (χ1v) is 15.1. The van der Waals surface area contributed by atoms with Crippen molar-refractivity contribution in [3.05, 3.63) is 59.2 Å². The summed E-state index contributed by atoms with van der Waals surface area (Å²) in [6, 6.07) is 8.03. The van der Waals surface area contributed by atoms with Gasteiger partial charge in [0.25, 0.3) is 5.92 Å². The van der Waals surface area contributed by atoms with Gasteiger partial charge in [-0.3, -0.25) is 24.9 Å². The Morgan fingerprint density at radius 2 is 1.95 bits per heavy atom. The number of piperidine rings is 1. The lowest BCUT2D eigenvalue weighted by atomic mass is 9.74. The van der Waals surface area contributed by atoms with E-state index in [2.05, 4.69) is 27.2 Å². The van der Waals surface area contributed by atoms with Crippen LogP contribution in [0, 0.1) is 24.6 Å². The molecule has 2 amide bonds. The second kappa shape index (κ2) is 12.0. The number of pyridine rings is 1. The van der Waals surface area contributed by atoms with Crippen molar-refractivity contribution >= 4 is 11.8 Å². The fraction of sp³-hybridized carbons (Fsp3) is 0.581. The zero-order valence-electron chi connectivity index (χ0n) is 24.5. The number of nitrogens with zero attached hydrogens (tertiary/aromatic N) is 3. The average molecular weight is 601 g/mol. The molecule has 0 spiro atoms. The molecule has 3 N–H and O–H groups in total. The number of hydrogen-bond acceptors (Lipinski definition) is 7. The Labute approximate surface area is 249 Å². The molecule has 9 nitrogen and oxygen atoms in total. The van der Waals surface area contributed by atoms with Crippen molar-refractivity contribution in [1.82, 2.24) is 31.0 Å². The van der Waals surface area contributed by atoms with Crippen LogP contribution < -0.4 is 20.9 Å². The Bertz CT molecular complexity index is 1350. The van der Waals surface area contributed by atoms with Crippen LogP contribution in [0.25, 0.3) is 0 Å². The summed E-state index contributed by atoms with van der Waals surface area (Å²) in [6.45, 7) is 1.11. The quantitative estimate of drug-likeness (QED) is 0.450. The maximum Gasteiger partial charge on any atom is 0.282 e. The summed E-state index contributed by atoms with van der Waals surface area (Å²) in [5.41, 5.74) is 9.23. The molecule has 6 atom stereocenters. The number of nitrogens with one attached hydrogen (secondary N) is 3. The van der Waals surface area contributed by atoms with Gasteiger partial charge in [0.2, 0.25) is 11.8 Å². The molecule has 4 heterocycles. The molecule has 3 aliphatic heterocycles. The lowest BCUT2D eigenvalue weighted by Crippen LogP contribution is -2.64. The van der Waals surface area contributed by atoms with Crippen LogP contribution in [-0.2, 0) is 16.1 Å². The van der Waals surface area contributed by atoms with Gasteiger partial charge < -0.3 is 15.0 Å². The van der Waals surface area contributed by atoms with Crippen LogP contribution in [0.1, 0.15) is 55.0 Å². The molecule has 4 unspecified atom stereocenters. The van der Waals surface area contributed by atoms with Crippen molar-refractivity contribution in [2.75, 3.05) is 26.7 Å². The summed E-state index contributed by atoms with van der Waals surface area (Å²) < 4.78 is 47.4. The number of methoxy groups -OCH3 is 1. The molecular formula is C31H39F3N6O3. The molecule has 0 radical (unpaired) electrons. The number of carbonyl (C=O) groups excluding carboxylic acids is 2. The summed E-state index contributed by atoms with van der Waals surface area (Å²) in [7, 11) is 1.45. The van der Waals surface area contributed by atoms with Gasteiger partial charge in [-0.2, -0.15) is 0 Å². The zero-order valence-corrected chi connectivity index (χ0v) is 24.5. The van der Waals surface area contributed by atoms with Crippen LogP contribution in [0.4, 0.5) is 13.2 Å². The van der Waals surface area contributed by atoms with E-state index in [1.807, 2.05) is 19.2 Å². The van der Waals surface area contributed by atoms with E-state index in [0.29, 0.717) is 30.7 Å². The largest absolute Gasteiger partial charge is 0.496 e. The second-order valence-electron chi connectivity index (χ2n) is 12.5. The number of ether oxygens (including phenoxy) is 1. The highest BCUT2D eigenvalue weighted by atomic mass is 19.3. The minimum absolute atomic E-state index is 0.0180. The number of rotatable bonds is 7. The lowest BCUT2D eigenvalue weighted by Gasteiger charge is -2.45. The highest BCUT2D eigenvalue weighted by Crippen LogP contribution is 2.41. The predicted octanol–water partition coefficient (Wildman–Crippen LogP) is 3.10. The van der Waals surface area contributed by atoms with Crippen LogP contribution in [0.2, 0.25) is 0 Å². The second-order valence-corrected chi connectivity index (χ2v) is 12.5. The number of aryl methyl sites for hydroxylation is 1. The molecular weight excluding hydrogens is 561 g/mol. The third-order valence-electron chi connectivity index (χ3n) is 9.53. The van der Waals surface area contributed by atoms with Gasteiger partial charge in [-0.15, -0.1) is 0 Å². The van der Waals surface area contributed by atoms with E-state index in [0.717, 1.165) is 35.4 Å². The van der Waals surface area contributed by atoms with Crippen LogP contribution in [0.5, 0.6) is 5.75 Å². The Kier molecular flexibility index (Phi) is 8.36. The SMILES string of the molecule is COc1cccc(F)c1CN1C[C@H](NC(=O)C2CCC3NNC(c4ccnc(C)c4)C3C2)CC[C@H]1C(=O)N1CC(F)(F)C1. The van der Waals surface area contributed by atoms with Gasteiger partial charge >= 0.3 is 0 Å². The summed E-state index contributed by atoms with van der Waals surface area (Å²) >= 11 is 0. The molecule has 12 heteroatoms. The van der Waals surface area contributed by atoms with Gasteiger partial charge in [0.15, 0.2) is 0 Å². The van der Waals surface area contributed by atoms with Gasteiger partial charge in [-0.05, 0) is 74.8 Å². The van der Waals surface area contributed by atoms with Crippen LogP contribution in [-0.4, -0.2) is 77.4 Å². The summed E-state index contributed by atoms with van der Waals surface area (Å²) in [6.07, 6.45) is 5.07. The molecule has 1 saturated carbocycles. The number of likely N-dealkylation sites (tertiary alicyclic amines) is 2. The maximum absolute atomic E-state index is 14.9. The highest BCUT2D eigenvalue weighted by molar-refractivity contribution is 5.83. The third kappa shape index (κ3) is 6.23. The van der Waals surface area contributed by atoms with E-state index in [1.54, 1.807) is 17.0 Å². The Morgan fingerprint density at radius 1 is 1.14 bits per heavy atom. The molecule has 0 bridgehead atoms. The van der Waals surface area contributed by atoms with Gasteiger partial charge in [-0.1, -0.05) is 6.07 Å². The number of carbonyl (C=O) groups is 2. The summed E-state index contributed by atoms with van der Waals surface area (Å²) in [5, 5.41) is 3.22. The lowest BCUT2D eigenvalue weighted by molar-refractivity contribution is -0.172. The molecule has 6 rings (SSSR count). The summed E-state index contributed by atoms with van der Waals surface area (Å²) in [4.78, 5) is 34.2. The average Bonchev–Trinajstić information content (AvgIpc) is 3.40. The van der Waals surface area contributed by atoms with Crippen molar-refractivity contribution in [1.29, 1.82) is 0 Å². The van der Waals surface area contributed by atoms with Gasteiger partial charge in [-0.25, -0.2) is 18.6 Å². The molecule has 4 fully saturated rings. The normalized spacial score (nSPS) is 30.3. The zero-order chi connectivity index (χ0) is 30.3. The molecule has 1 aromatic carbocycles. The van der Waals surface area contributed by atoms with Gasteiger partial charge in [0, 0.05) is 48.5 Å². The molecule has 1 aliphatic carbocycles. The highest BCUT2D eigenvalue weighted by Gasteiger charge is 2.49. The van der Waals surface area contributed by atoms with Gasteiger partial charge in [0.05, 0.1) is 32.3 Å². The number of aromatic nitrogens is 1. The molecule has 3 saturated heterocycles. The third-order valence-corrected chi connectivity index (χ3v) is 9.53. The fourth-order valence-electron chi connectivity index (χ4n) is 7.29. The van der Waals surface area contributed by atoms with E-state index in [-0.39, 0.29) is 48.3 Å². The predicted molar refractivity (Wildman–Crippen MR) is 152 cm³/mol. The van der Waals surface area contributed by atoms with E-state index >= 15 is 0 Å². The Hall–Kier alpha value is -3.22. The first-order chi connectivity index (χ1) is 20.6. The van der Waals surface area contributed by atoms with Crippen molar-refractivity contribution in [2.45, 2.75) is 75.7 Å². The minimum atomic E-state index is -2.88.